The molecular weight excluding hydrogens is 334 g/mol. The molecule has 1 amide bonds. The first-order chi connectivity index (χ1) is 13.1. The molecule has 0 aromatic heterocycles. The quantitative estimate of drug-likeness (QED) is 0.653. The van der Waals surface area contributed by atoms with Gasteiger partial charge in [0.2, 0.25) is 5.91 Å². The Morgan fingerprint density at radius 1 is 0.852 bits per heavy atom. The van der Waals surface area contributed by atoms with Gasteiger partial charge in [-0.15, -0.1) is 0 Å². The number of hydrogen-bond donors (Lipinski definition) is 0. The van der Waals surface area contributed by atoms with Crippen molar-refractivity contribution in [2.24, 2.45) is 0 Å². The van der Waals surface area contributed by atoms with Crippen LogP contribution in [-0.4, -0.2) is 19.6 Å². The summed E-state index contributed by atoms with van der Waals surface area (Å²) in [5, 5.41) is 0. The average molecular weight is 357 g/mol. The van der Waals surface area contributed by atoms with Crippen LogP contribution in [0.4, 0.5) is 5.69 Å². The molecule has 0 unspecified atom stereocenters. The molecule has 1 heterocycles. The molecule has 0 bridgehead atoms. The van der Waals surface area contributed by atoms with Crippen LogP contribution in [0.15, 0.2) is 78.9 Å². The lowest BCUT2D eigenvalue weighted by atomic mass is 9.80. The Balaban J connectivity index is 1.59. The summed E-state index contributed by atoms with van der Waals surface area (Å²) in [4.78, 5) is 15.1. The number of methoxy groups -OCH3 is 1. The van der Waals surface area contributed by atoms with E-state index in [0.717, 1.165) is 30.0 Å². The van der Waals surface area contributed by atoms with E-state index in [2.05, 4.69) is 43.3 Å². The second-order valence-electron chi connectivity index (χ2n) is 7.18. The van der Waals surface area contributed by atoms with E-state index in [1.54, 1.807) is 7.11 Å². The number of nitrogens with zero attached hydrogens (tertiary/aromatic N) is 1. The van der Waals surface area contributed by atoms with Crippen molar-refractivity contribution >= 4 is 11.6 Å². The summed E-state index contributed by atoms with van der Waals surface area (Å²) in [7, 11) is 1.65. The van der Waals surface area contributed by atoms with Crippen LogP contribution < -0.4 is 9.64 Å². The lowest BCUT2D eigenvalue weighted by Gasteiger charge is -2.24. The SMILES string of the molecule is COc1ccc(N2CC[C@@](C)(c3ccc(-c4ccccc4)cc3)C2=O)cc1. The molecule has 0 radical (unpaired) electrons. The topological polar surface area (TPSA) is 29.5 Å². The molecule has 0 saturated carbocycles. The minimum Gasteiger partial charge on any atom is -0.497 e. The van der Waals surface area contributed by atoms with Crippen molar-refractivity contribution in [3.63, 3.8) is 0 Å². The van der Waals surface area contributed by atoms with Gasteiger partial charge in [0.25, 0.3) is 0 Å². The largest absolute Gasteiger partial charge is 0.497 e. The first-order valence-corrected chi connectivity index (χ1v) is 9.24. The highest BCUT2D eigenvalue weighted by Crippen LogP contribution is 2.38. The zero-order valence-corrected chi connectivity index (χ0v) is 15.7. The first kappa shape index (κ1) is 17.3. The van der Waals surface area contributed by atoms with Gasteiger partial charge in [0.15, 0.2) is 0 Å². The van der Waals surface area contributed by atoms with Crippen molar-refractivity contribution in [3.05, 3.63) is 84.4 Å². The number of anilines is 1. The molecule has 136 valence electrons. The highest BCUT2D eigenvalue weighted by molar-refractivity contribution is 6.03. The summed E-state index contributed by atoms with van der Waals surface area (Å²) in [5.74, 6) is 0.949. The van der Waals surface area contributed by atoms with E-state index in [9.17, 15) is 4.79 Å². The Labute approximate surface area is 160 Å². The molecule has 0 aliphatic carbocycles. The third-order valence-corrected chi connectivity index (χ3v) is 5.57. The molecule has 1 saturated heterocycles. The predicted molar refractivity (Wildman–Crippen MR) is 109 cm³/mol. The summed E-state index contributed by atoms with van der Waals surface area (Å²) < 4.78 is 5.21. The van der Waals surface area contributed by atoms with E-state index in [0.29, 0.717) is 0 Å². The molecule has 1 aliphatic heterocycles. The maximum absolute atomic E-state index is 13.2. The van der Waals surface area contributed by atoms with Crippen molar-refractivity contribution in [1.82, 2.24) is 0 Å². The number of benzene rings is 3. The van der Waals surface area contributed by atoms with Crippen LogP contribution in [0, 0.1) is 0 Å². The molecule has 27 heavy (non-hydrogen) atoms. The number of rotatable bonds is 4. The van der Waals surface area contributed by atoms with Crippen molar-refractivity contribution in [2.75, 3.05) is 18.6 Å². The highest BCUT2D eigenvalue weighted by atomic mass is 16.5. The van der Waals surface area contributed by atoms with Gasteiger partial charge in [-0.25, -0.2) is 0 Å². The van der Waals surface area contributed by atoms with Gasteiger partial charge in [-0.05, 0) is 54.3 Å². The molecule has 1 fully saturated rings. The van der Waals surface area contributed by atoms with Crippen LogP contribution in [-0.2, 0) is 10.2 Å². The third-order valence-electron chi connectivity index (χ3n) is 5.57. The Hall–Kier alpha value is -3.07. The van der Waals surface area contributed by atoms with Gasteiger partial charge < -0.3 is 9.64 Å². The van der Waals surface area contributed by atoms with E-state index in [4.69, 9.17) is 4.74 Å². The van der Waals surface area contributed by atoms with E-state index in [-0.39, 0.29) is 5.91 Å². The van der Waals surface area contributed by atoms with Gasteiger partial charge in [-0.3, -0.25) is 4.79 Å². The fraction of sp³-hybridized carbons (Fsp3) is 0.208. The fourth-order valence-corrected chi connectivity index (χ4v) is 3.78. The van der Waals surface area contributed by atoms with Crippen molar-refractivity contribution in [1.29, 1.82) is 0 Å². The van der Waals surface area contributed by atoms with Crippen molar-refractivity contribution in [3.8, 4) is 16.9 Å². The minimum absolute atomic E-state index is 0.153. The van der Waals surface area contributed by atoms with Crippen LogP contribution in [0.5, 0.6) is 5.75 Å². The van der Waals surface area contributed by atoms with Crippen molar-refractivity contribution in [2.45, 2.75) is 18.8 Å². The average Bonchev–Trinajstić information content (AvgIpc) is 3.05. The second kappa shape index (κ2) is 6.92. The summed E-state index contributed by atoms with van der Waals surface area (Å²) >= 11 is 0. The van der Waals surface area contributed by atoms with Gasteiger partial charge >= 0.3 is 0 Å². The smallest absolute Gasteiger partial charge is 0.237 e. The molecule has 3 heteroatoms. The molecule has 1 aliphatic rings. The molecule has 3 aromatic carbocycles. The van der Waals surface area contributed by atoms with Gasteiger partial charge in [-0.1, -0.05) is 54.6 Å². The van der Waals surface area contributed by atoms with Crippen LogP contribution in [0.2, 0.25) is 0 Å². The summed E-state index contributed by atoms with van der Waals surface area (Å²) in [5.41, 5.74) is 3.86. The zero-order chi connectivity index (χ0) is 18.9. The molecule has 3 nitrogen and oxygen atoms in total. The first-order valence-electron chi connectivity index (χ1n) is 9.24. The Bertz CT molecular complexity index is 932. The normalized spacial score (nSPS) is 19.3. The number of ether oxygens (including phenoxy) is 1. The van der Waals surface area contributed by atoms with E-state index in [1.807, 2.05) is 47.4 Å². The lowest BCUT2D eigenvalue weighted by molar-refractivity contribution is -0.121. The summed E-state index contributed by atoms with van der Waals surface area (Å²) in [6, 6.07) is 26.4. The van der Waals surface area contributed by atoms with Crippen molar-refractivity contribution < 1.29 is 9.53 Å². The fourth-order valence-electron chi connectivity index (χ4n) is 3.78. The Morgan fingerprint density at radius 3 is 2.11 bits per heavy atom. The monoisotopic (exact) mass is 357 g/mol. The Morgan fingerprint density at radius 2 is 1.48 bits per heavy atom. The van der Waals surface area contributed by atoms with E-state index in [1.165, 1.54) is 11.1 Å². The summed E-state index contributed by atoms with van der Waals surface area (Å²) in [6.45, 7) is 2.78. The van der Waals surface area contributed by atoms with Crippen LogP contribution >= 0.6 is 0 Å². The second-order valence-corrected chi connectivity index (χ2v) is 7.18. The number of amides is 1. The van der Waals surface area contributed by atoms with Crippen LogP contribution in [0.3, 0.4) is 0 Å². The van der Waals surface area contributed by atoms with E-state index >= 15 is 0 Å². The molecule has 0 spiro atoms. The maximum atomic E-state index is 13.2. The van der Waals surface area contributed by atoms with Gasteiger partial charge in [0.05, 0.1) is 12.5 Å². The highest BCUT2D eigenvalue weighted by Gasteiger charge is 2.44. The van der Waals surface area contributed by atoms with Gasteiger partial charge in [0.1, 0.15) is 5.75 Å². The summed E-state index contributed by atoms with van der Waals surface area (Å²) in [6.07, 6.45) is 0.808. The maximum Gasteiger partial charge on any atom is 0.237 e. The zero-order valence-electron chi connectivity index (χ0n) is 15.7. The number of carbonyl (C=O) groups excluding carboxylic acids is 1. The number of hydrogen-bond acceptors (Lipinski definition) is 2. The van der Waals surface area contributed by atoms with Gasteiger partial charge in [-0.2, -0.15) is 0 Å². The predicted octanol–water partition coefficient (Wildman–Crippen LogP) is 5.06. The molecular formula is C24H23NO2. The lowest BCUT2D eigenvalue weighted by Crippen LogP contribution is -2.35. The van der Waals surface area contributed by atoms with Crippen LogP contribution in [0.1, 0.15) is 18.9 Å². The van der Waals surface area contributed by atoms with E-state index < -0.39 is 5.41 Å². The molecule has 3 aromatic rings. The van der Waals surface area contributed by atoms with Gasteiger partial charge in [0, 0.05) is 12.2 Å². The molecule has 1 atom stereocenters. The Kier molecular flexibility index (Phi) is 4.44. The molecule has 4 rings (SSSR count). The number of carbonyl (C=O) groups is 1. The molecule has 0 N–H and O–H groups in total. The minimum atomic E-state index is -0.491. The standard InChI is InChI=1S/C24H23NO2/c1-24(20-10-8-19(9-11-20)18-6-4-3-5-7-18)16-17-25(23(24)26)21-12-14-22(27-2)15-13-21/h3-15H,16-17H2,1-2H3/t24-/m0/s1. The third kappa shape index (κ3) is 3.10. The van der Waals surface area contributed by atoms with Crippen LogP contribution in [0.25, 0.3) is 11.1 Å².